The first kappa shape index (κ1) is 11.5. The summed E-state index contributed by atoms with van der Waals surface area (Å²) in [6.45, 7) is 1.73. The number of benzene rings is 1. The third-order valence-electron chi connectivity index (χ3n) is 1.82. The molecule has 0 saturated carbocycles. The van der Waals surface area contributed by atoms with E-state index in [-0.39, 0.29) is 16.2 Å². The Balaban J connectivity index is 3.69. The summed E-state index contributed by atoms with van der Waals surface area (Å²) in [5, 5.41) is 13.8. The van der Waals surface area contributed by atoms with E-state index in [1.54, 1.807) is 13.0 Å². The van der Waals surface area contributed by atoms with Gasteiger partial charge in [0.2, 0.25) is 10.0 Å². The second-order valence-corrected chi connectivity index (χ2v) is 4.50. The van der Waals surface area contributed by atoms with Crippen LogP contribution in [0, 0.1) is 18.3 Å². The van der Waals surface area contributed by atoms with Crippen LogP contribution in [0.1, 0.15) is 11.1 Å². The fourth-order valence-electron chi connectivity index (χ4n) is 1.27. The van der Waals surface area contributed by atoms with Gasteiger partial charge in [-0.15, -0.1) is 0 Å². The number of hydrogen-bond donors (Lipinski definition) is 1. The highest BCUT2D eigenvalue weighted by molar-refractivity contribution is 7.89. The zero-order valence-corrected chi connectivity index (χ0v) is 9.13. The molecule has 0 bridgehead atoms. The zero-order valence-electron chi connectivity index (χ0n) is 8.31. The Hall–Kier alpha value is -1.58. The average Bonchev–Trinajstić information content (AvgIpc) is 2.14. The van der Waals surface area contributed by atoms with Gasteiger partial charge in [-0.05, 0) is 24.6 Å². The number of methoxy groups -OCH3 is 1. The molecule has 0 aromatic heterocycles. The molecule has 1 rings (SSSR count). The number of primary sulfonamides is 1. The van der Waals surface area contributed by atoms with Crippen LogP contribution in [-0.2, 0) is 10.0 Å². The fourth-order valence-corrected chi connectivity index (χ4v) is 2.10. The molecule has 5 nitrogen and oxygen atoms in total. The van der Waals surface area contributed by atoms with Crippen LogP contribution in [0.5, 0.6) is 5.75 Å². The minimum atomic E-state index is -3.95. The van der Waals surface area contributed by atoms with Crippen molar-refractivity contribution in [3.8, 4) is 11.8 Å². The molecular formula is C9H10N2O3S. The normalized spacial score (nSPS) is 10.8. The maximum atomic E-state index is 11.3. The minimum absolute atomic E-state index is 0.00523. The van der Waals surface area contributed by atoms with Crippen molar-refractivity contribution < 1.29 is 13.2 Å². The molecule has 0 aliphatic rings. The predicted octanol–water partition coefficient (Wildman–Crippen LogP) is 0.523. The van der Waals surface area contributed by atoms with E-state index in [0.717, 1.165) is 5.56 Å². The molecule has 0 atom stereocenters. The molecule has 0 fully saturated rings. The second-order valence-electron chi connectivity index (χ2n) is 3.00. The van der Waals surface area contributed by atoms with Crippen molar-refractivity contribution in [2.24, 2.45) is 5.14 Å². The van der Waals surface area contributed by atoms with Crippen molar-refractivity contribution in [3.63, 3.8) is 0 Å². The molecule has 2 N–H and O–H groups in total. The summed E-state index contributed by atoms with van der Waals surface area (Å²) in [4.78, 5) is -0.266. The third kappa shape index (κ3) is 2.26. The number of rotatable bonds is 2. The topological polar surface area (TPSA) is 93.2 Å². The number of nitrogens with zero attached hydrogens (tertiary/aromatic N) is 1. The van der Waals surface area contributed by atoms with Crippen molar-refractivity contribution in [2.75, 3.05) is 7.11 Å². The van der Waals surface area contributed by atoms with Gasteiger partial charge in [0, 0.05) is 0 Å². The van der Waals surface area contributed by atoms with E-state index in [1.807, 2.05) is 0 Å². The standard InChI is InChI=1S/C9H10N2O3S/c1-6-3-7(5-10)9(15(11,12)13)8(4-6)14-2/h3-4H,1-2H3,(H2,11,12,13). The maximum absolute atomic E-state index is 11.3. The third-order valence-corrected chi connectivity index (χ3v) is 2.81. The van der Waals surface area contributed by atoms with Gasteiger partial charge in [-0.3, -0.25) is 0 Å². The lowest BCUT2D eigenvalue weighted by Gasteiger charge is -2.09. The highest BCUT2D eigenvalue weighted by atomic mass is 32.2. The lowest BCUT2D eigenvalue weighted by Crippen LogP contribution is -2.15. The van der Waals surface area contributed by atoms with E-state index < -0.39 is 10.0 Å². The number of nitrogens with two attached hydrogens (primary N) is 1. The van der Waals surface area contributed by atoms with E-state index >= 15 is 0 Å². The minimum Gasteiger partial charge on any atom is -0.495 e. The molecule has 80 valence electrons. The monoisotopic (exact) mass is 226 g/mol. The molecule has 15 heavy (non-hydrogen) atoms. The van der Waals surface area contributed by atoms with Gasteiger partial charge in [-0.1, -0.05) is 0 Å². The largest absolute Gasteiger partial charge is 0.495 e. The molecule has 1 aromatic rings. The Morgan fingerprint density at radius 1 is 1.47 bits per heavy atom. The van der Waals surface area contributed by atoms with Crippen LogP contribution in [-0.4, -0.2) is 15.5 Å². The lowest BCUT2D eigenvalue weighted by atomic mass is 10.1. The first-order valence-corrected chi connectivity index (χ1v) is 5.56. The van der Waals surface area contributed by atoms with Crippen LogP contribution in [0.3, 0.4) is 0 Å². The molecular weight excluding hydrogens is 216 g/mol. The average molecular weight is 226 g/mol. The van der Waals surface area contributed by atoms with Crippen LogP contribution in [0.25, 0.3) is 0 Å². The molecule has 0 saturated heterocycles. The van der Waals surface area contributed by atoms with Crippen molar-refractivity contribution in [2.45, 2.75) is 11.8 Å². The second kappa shape index (κ2) is 3.88. The van der Waals surface area contributed by atoms with Gasteiger partial charge < -0.3 is 4.74 Å². The van der Waals surface area contributed by atoms with Crippen LogP contribution in [0.4, 0.5) is 0 Å². The Labute approximate surface area is 88.1 Å². The molecule has 0 radical (unpaired) electrons. The summed E-state index contributed by atoms with van der Waals surface area (Å²) in [5.74, 6) is 0.0917. The van der Waals surface area contributed by atoms with Gasteiger partial charge in [-0.25, -0.2) is 13.6 Å². The molecule has 0 heterocycles. The van der Waals surface area contributed by atoms with E-state index in [9.17, 15) is 8.42 Å². The SMILES string of the molecule is COc1cc(C)cc(C#N)c1S(N)(=O)=O. The summed E-state index contributed by atoms with van der Waals surface area (Å²) in [7, 11) is -2.63. The van der Waals surface area contributed by atoms with Crippen LogP contribution >= 0.6 is 0 Å². The number of nitriles is 1. The molecule has 6 heteroatoms. The van der Waals surface area contributed by atoms with Crippen molar-refractivity contribution in [1.82, 2.24) is 0 Å². The van der Waals surface area contributed by atoms with E-state index in [2.05, 4.69) is 0 Å². The number of hydrogen-bond acceptors (Lipinski definition) is 4. The van der Waals surface area contributed by atoms with Gasteiger partial charge in [0.1, 0.15) is 16.7 Å². The molecule has 0 spiro atoms. The van der Waals surface area contributed by atoms with Crippen LogP contribution in [0.2, 0.25) is 0 Å². The Morgan fingerprint density at radius 2 is 2.07 bits per heavy atom. The number of aryl methyl sites for hydroxylation is 1. The summed E-state index contributed by atoms with van der Waals surface area (Å²) in [6.07, 6.45) is 0. The number of sulfonamides is 1. The van der Waals surface area contributed by atoms with E-state index in [4.69, 9.17) is 15.1 Å². The summed E-state index contributed by atoms with van der Waals surface area (Å²) in [6, 6.07) is 4.74. The number of ether oxygens (including phenoxy) is 1. The van der Waals surface area contributed by atoms with Gasteiger partial charge in [-0.2, -0.15) is 5.26 Å². The van der Waals surface area contributed by atoms with Gasteiger partial charge in [0.05, 0.1) is 12.7 Å². The molecule has 0 unspecified atom stereocenters. The quantitative estimate of drug-likeness (QED) is 0.795. The van der Waals surface area contributed by atoms with E-state index in [0.29, 0.717) is 0 Å². The van der Waals surface area contributed by atoms with Crippen molar-refractivity contribution in [1.29, 1.82) is 5.26 Å². The van der Waals surface area contributed by atoms with Crippen molar-refractivity contribution in [3.05, 3.63) is 23.3 Å². The summed E-state index contributed by atoms with van der Waals surface area (Å²) < 4.78 is 27.4. The van der Waals surface area contributed by atoms with Crippen LogP contribution < -0.4 is 9.88 Å². The molecule has 0 aliphatic heterocycles. The smallest absolute Gasteiger partial charge is 0.243 e. The van der Waals surface area contributed by atoms with Crippen molar-refractivity contribution >= 4 is 10.0 Å². The highest BCUT2D eigenvalue weighted by Crippen LogP contribution is 2.27. The van der Waals surface area contributed by atoms with Crippen LogP contribution in [0.15, 0.2) is 17.0 Å². The summed E-state index contributed by atoms with van der Waals surface area (Å²) >= 11 is 0. The Kier molecular flexibility index (Phi) is 2.98. The zero-order chi connectivity index (χ0) is 11.6. The fraction of sp³-hybridized carbons (Fsp3) is 0.222. The van der Waals surface area contributed by atoms with Gasteiger partial charge in [0.25, 0.3) is 0 Å². The maximum Gasteiger partial charge on any atom is 0.243 e. The first-order valence-electron chi connectivity index (χ1n) is 4.01. The van der Waals surface area contributed by atoms with E-state index in [1.165, 1.54) is 19.2 Å². The first-order chi connectivity index (χ1) is 6.90. The lowest BCUT2D eigenvalue weighted by molar-refractivity contribution is 0.402. The predicted molar refractivity (Wildman–Crippen MR) is 53.8 cm³/mol. The Morgan fingerprint density at radius 3 is 2.47 bits per heavy atom. The Bertz CT molecular complexity index is 529. The van der Waals surface area contributed by atoms with Gasteiger partial charge in [0.15, 0.2) is 0 Å². The van der Waals surface area contributed by atoms with Gasteiger partial charge >= 0.3 is 0 Å². The molecule has 1 aromatic carbocycles. The molecule has 0 aliphatic carbocycles. The highest BCUT2D eigenvalue weighted by Gasteiger charge is 2.20. The summed E-state index contributed by atoms with van der Waals surface area (Å²) in [5.41, 5.74) is 0.727. The molecule has 0 amide bonds.